The Kier molecular flexibility index (Phi) is 3.80. The van der Waals surface area contributed by atoms with Gasteiger partial charge in [0.15, 0.2) is 11.5 Å². The smallest absolute Gasteiger partial charge is 0.416 e. The van der Waals surface area contributed by atoms with Crippen LogP contribution in [0.5, 0.6) is 0 Å². The Morgan fingerprint density at radius 2 is 1.41 bits per heavy atom. The third-order valence-electron chi connectivity index (χ3n) is 2.83. The normalized spacial score (nSPS) is 12.5. The predicted molar refractivity (Wildman–Crippen MR) is 64.2 cm³/mol. The fraction of sp³-hybridized carbons (Fsp3) is 0.214. The Morgan fingerprint density at radius 3 is 1.77 bits per heavy atom. The summed E-state index contributed by atoms with van der Waals surface area (Å²) in [6, 6.07) is 3.44. The van der Waals surface area contributed by atoms with Gasteiger partial charge >= 0.3 is 12.4 Å². The Balaban J connectivity index is 2.61. The van der Waals surface area contributed by atoms with Gasteiger partial charge in [-0.05, 0) is 30.3 Å². The number of furan rings is 1. The number of halogens is 6. The number of Topliss-reactive ketones (excluding diaryl/α,β-unsaturated/α-hetero) is 1. The third kappa shape index (κ3) is 3.32. The van der Waals surface area contributed by atoms with Crippen molar-refractivity contribution in [3.05, 3.63) is 47.2 Å². The highest BCUT2D eigenvalue weighted by atomic mass is 19.4. The molecule has 0 aliphatic carbocycles. The predicted octanol–water partition coefficient (Wildman–Crippen LogP) is 5.19. The van der Waals surface area contributed by atoms with E-state index in [1.54, 1.807) is 0 Å². The molecule has 0 bridgehead atoms. The Bertz CT molecular complexity index is 677. The van der Waals surface area contributed by atoms with E-state index in [4.69, 9.17) is 4.42 Å². The number of carbonyl (C=O) groups excluding carboxylic acids is 1. The van der Waals surface area contributed by atoms with Crippen LogP contribution >= 0.6 is 0 Å². The summed E-state index contributed by atoms with van der Waals surface area (Å²) in [5.41, 5.74) is -3.30. The second-order valence-corrected chi connectivity index (χ2v) is 4.51. The van der Waals surface area contributed by atoms with Gasteiger partial charge in [0.2, 0.25) is 0 Å². The number of alkyl halides is 6. The van der Waals surface area contributed by atoms with Gasteiger partial charge in [0, 0.05) is 12.5 Å². The SMILES string of the molecule is CC(=O)c1ccc(-c2cc(C(F)(F)F)cc(C(F)(F)F)c2)o1. The summed E-state index contributed by atoms with van der Waals surface area (Å²) in [6.45, 7) is 1.16. The first-order valence-electron chi connectivity index (χ1n) is 5.89. The van der Waals surface area contributed by atoms with Crippen molar-refractivity contribution in [3.63, 3.8) is 0 Å². The van der Waals surface area contributed by atoms with Crippen LogP contribution in [0.3, 0.4) is 0 Å². The zero-order valence-corrected chi connectivity index (χ0v) is 11.0. The van der Waals surface area contributed by atoms with Crippen LogP contribution in [0.15, 0.2) is 34.7 Å². The highest BCUT2D eigenvalue weighted by Gasteiger charge is 2.37. The average Bonchev–Trinajstić information content (AvgIpc) is 2.85. The molecule has 22 heavy (non-hydrogen) atoms. The number of hydrogen-bond donors (Lipinski definition) is 0. The Labute approximate surface area is 120 Å². The van der Waals surface area contributed by atoms with Crippen LogP contribution in [-0.4, -0.2) is 5.78 Å². The third-order valence-corrected chi connectivity index (χ3v) is 2.83. The van der Waals surface area contributed by atoms with E-state index in [1.807, 2.05) is 0 Å². The number of carbonyl (C=O) groups is 1. The average molecular weight is 322 g/mol. The quantitative estimate of drug-likeness (QED) is 0.563. The highest BCUT2D eigenvalue weighted by molar-refractivity contribution is 5.91. The highest BCUT2D eigenvalue weighted by Crippen LogP contribution is 2.38. The molecule has 0 fully saturated rings. The van der Waals surface area contributed by atoms with Gasteiger partial charge in [0.1, 0.15) is 5.76 Å². The van der Waals surface area contributed by atoms with E-state index in [-0.39, 0.29) is 17.6 Å². The van der Waals surface area contributed by atoms with E-state index in [9.17, 15) is 31.1 Å². The molecule has 2 nitrogen and oxygen atoms in total. The molecule has 1 aromatic heterocycles. The molecule has 0 radical (unpaired) electrons. The fourth-order valence-electron chi connectivity index (χ4n) is 1.78. The van der Waals surface area contributed by atoms with Gasteiger partial charge in [-0.1, -0.05) is 0 Å². The van der Waals surface area contributed by atoms with Crippen LogP contribution in [0.2, 0.25) is 0 Å². The van der Waals surface area contributed by atoms with E-state index in [0.29, 0.717) is 12.1 Å². The first kappa shape index (κ1) is 16.1. The zero-order valence-electron chi connectivity index (χ0n) is 11.0. The minimum absolute atomic E-state index is 0.0261. The maximum absolute atomic E-state index is 12.7. The number of rotatable bonds is 2. The molecule has 0 N–H and O–H groups in total. The summed E-state index contributed by atoms with van der Waals surface area (Å²) in [5.74, 6) is -0.892. The van der Waals surface area contributed by atoms with Gasteiger partial charge in [-0.2, -0.15) is 26.3 Å². The minimum Gasteiger partial charge on any atom is -0.453 e. The molecule has 0 amide bonds. The van der Waals surface area contributed by atoms with Crippen molar-refractivity contribution < 1.29 is 35.6 Å². The van der Waals surface area contributed by atoms with Crippen molar-refractivity contribution >= 4 is 5.78 Å². The molecular formula is C14H8F6O2. The minimum atomic E-state index is -4.94. The molecule has 1 aromatic carbocycles. The number of hydrogen-bond acceptors (Lipinski definition) is 2. The number of benzene rings is 1. The van der Waals surface area contributed by atoms with Crippen LogP contribution in [-0.2, 0) is 12.4 Å². The van der Waals surface area contributed by atoms with E-state index in [1.165, 1.54) is 6.07 Å². The van der Waals surface area contributed by atoms with E-state index < -0.39 is 34.8 Å². The second-order valence-electron chi connectivity index (χ2n) is 4.51. The van der Waals surface area contributed by atoms with Crippen LogP contribution in [0.4, 0.5) is 26.3 Å². The van der Waals surface area contributed by atoms with Crippen LogP contribution in [0.25, 0.3) is 11.3 Å². The molecule has 0 saturated carbocycles. The van der Waals surface area contributed by atoms with Crippen molar-refractivity contribution in [2.75, 3.05) is 0 Å². The molecule has 0 atom stereocenters. The lowest BCUT2D eigenvalue weighted by atomic mass is 10.0. The lowest BCUT2D eigenvalue weighted by Gasteiger charge is -2.13. The first-order valence-corrected chi connectivity index (χ1v) is 5.89. The van der Waals surface area contributed by atoms with Gasteiger partial charge in [0.05, 0.1) is 11.1 Å². The zero-order chi connectivity index (χ0) is 16.7. The van der Waals surface area contributed by atoms with Gasteiger partial charge in [0.25, 0.3) is 0 Å². The van der Waals surface area contributed by atoms with Gasteiger partial charge in [-0.15, -0.1) is 0 Å². The fourth-order valence-corrected chi connectivity index (χ4v) is 1.78. The summed E-state index contributed by atoms with van der Waals surface area (Å²) in [4.78, 5) is 11.1. The molecule has 0 aliphatic heterocycles. The topological polar surface area (TPSA) is 30.2 Å². The van der Waals surface area contributed by atoms with Crippen molar-refractivity contribution in [1.29, 1.82) is 0 Å². The monoisotopic (exact) mass is 322 g/mol. The molecule has 2 aromatic rings. The standard InChI is InChI=1S/C14H8F6O2/c1-7(21)11-2-3-12(22-11)8-4-9(13(15,16)17)6-10(5-8)14(18,19)20/h2-6H,1H3. The molecule has 8 heteroatoms. The van der Waals surface area contributed by atoms with Crippen molar-refractivity contribution in [2.24, 2.45) is 0 Å². The molecular weight excluding hydrogens is 314 g/mol. The maximum atomic E-state index is 12.7. The lowest BCUT2D eigenvalue weighted by Crippen LogP contribution is -2.11. The lowest BCUT2D eigenvalue weighted by molar-refractivity contribution is -0.143. The summed E-state index contributed by atoms with van der Waals surface area (Å²) in [5, 5.41) is 0. The first-order chi connectivity index (χ1) is 9.98. The van der Waals surface area contributed by atoms with Crippen molar-refractivity contribution in [2.45, 2.75) is 19.3 Å². The summed E-state index contributed by atoms with van der Waals surface area (Å²) < 4.78 is 81.4. The van der Waals surface area contributed by atoms with Gasteiger partial charge in [-0.25, -0.2) is 0 Å². The van der Waals surface area contributed by atoms with Crippen LogP contribution < -0.4 is 0 Å². The maximum Gasteiger partial charge on any atom is 0.416 e. The molecule has 1 heterocycles. The molecule has 0 spiro atoms. The van der Waals surface area contributed by atoms with Crippen molar-refractivity contribution in [1.82, 2.24) is 0 Å². The summed E-state index contributed by atoms with van der Waals surface area (Å²) in [6.07, 6.45) is -9.88. The van der Waals surface area contributed by atoms with Crippen LogP contribution in [0.1, 0.15) is 28.6 Å². The van der Waals surface area contributed by atoms with E-state index in [2.05, 4.69) is 0 Å². The van der Waals surface area contributed by atoms with Crippen LogP contribution in [0, 0.1) is 0 Å². The second kappa shape index (κ2) is 5.19. The molecule has 0 aliphatic rings. The number of ketones is 1. The Hall–Kier alpha value is -2.25. The molecule has 0 saturated heterocycles. The largest absolute Gasteiger partial charge is 0.453 e. The summed E-state index contributed by atoms with van der Waals surface area (Å²) >= 11 is 0. The van der Waals surface area contributed by atoms with Gasteiger partial charge < -0.3 is 4.42 Å². The van der Waals surface area contributed by atoms with Crippen molar-refractivity contribution in [3.8, 4) is 11.3 Å². The molecule has 2 rings (SSSR count). The van der Waals surface area contributed by atoms with E-state index in [0.717, 1.165) is 13.0 Å². The Morgan fingerprint density at radius 1 is 0.909 bits per heavy atom. The molecule has 0 unspecified atom stereocenters. The van der Waals surface area contributed by atoms with Gasteiger partial charge in [-0.3, -0.25) is 4.79 Å². The summed E-state index contributed by atoms with van der Waals surface area (Å²) in [7, 11) is 0. The van der Waals surface area contributed by atoms with E-state index >= 15 is 0 Å². The molecule has 118 valence electrons.